The van der Waals surface area contributed by atoms with Gasteiger partial charge in [-0.15, -0.1) is 0 Å². The van der Waals surface area contributed by atoms with Crippen molar-refractivity contribution in [3.63, 3.8) is 0 Å². The Bertz CT molecular complexity index is 633. The van der Waals surface area contributed by atoms with E-state index in [0.29, 0.717) is 18.0 Å². The molecule has 20 heavy (non-hydrogen) atoms. The normalized spacial score (nSPS) is 19.9. The lowest BCUT2D eigenvalue weighted by Gasteiger charge is -2.35. The molecule has 1 aliphatic heterocycles. The molecule has 110 valence electrons. The fourth-order valence-electron chi connectivity index (χ4n) is 2.06. The van der Waals surface area contributed by atoms with Crippen molar-refractivity contribution in [2.75, 3.05) is 34.9 Å². The summed E-state index contributed by atoms with van der Waals surface area (Å²) in [5.74, 6) is 0.798. The third-order valence-corrected chi connectivity index (χ3v) is 5.65. The van der Waals surface area contributed by atoms with Gasteiger partial charge in [-0.25, -0.2) is 13.4 Å². The predicted molar refractivity (Wildman–Crippen MR) is 80.5 cm³/mol. The molecule has 9 heteroatoms. The number of hydrogen-bond donors (Lipinski definition) is 2. The van der Waals surface area contributed by atoms with E-state index < -0.39 is 21.1 Å². The van der Waals surface area contributed by atoms with Gasteiger partial charge < -0.3 is 16.4 Å². The van der Waals surface area contributed by atoms with Crippen molar-refractivity contribution in [1.29, 1.82) is 0 Å². The number of carbonyl (C=O) groups is 1. The first kappa shape index (κ1) is 14.9. The van der Waals surface area contributed by atoms with E-state index in [1.165, 1.54) is 18.5 Å². The van der Waals surface area contributed by atoms with Crippen molar-refractivity contribution >= 4 is 39.0 Å². The monoisotopic (exact) mass is 316 g/mol. The molecule has 1 aromatic heterocycles. The minimum absolute atomic E-state index is 0.144. The highest BCUT2D eigenvalue weighted by Gasteiger charge is 2.33. The molecule has 0 saturated carbocycles. The molecule has 1 saturated heterocycles. The van der Waals surface area contributed by atoms with Crippen molar-refractivity contribution in [3.05, 3.63) is 17.8 Å². The molecule has 0 aromatic carbocycles. The van der Waals surface area contributed by atoms with Crippen molar-refractivity contribution in [3.8, 4) is 0 Å². The van der Waals surface area contributed by atoms with E-state index in [4.69, 9.17) is 11.5 Å². The van der Waals surface area contributed by atoms with Crippen LogP contribution in [0.3, 0.4) is 0 Å². The molecule has 0 aliphatic carbocycles. The SMILES string of the molecule is CS(=O)(=O)C1CSCCN1c1ncc(N)cc1C(N)=O. The van der Waals surface area contributed by atoms with Gasteiger partial charge in [-0.05, 0) is 6.07 Å². The van der Waals surface area contributed by atoms with E-state index in [-0.39, 0.29) is 11.4 Å². The largest absolute Gasteiger partial charge is 0.397 e. The van der Waals surface area contributed by atoms with Crippen molar-refractivity contribution in [2.45, 2.75) is 5.37 Å². The van der Waals surface area contributed by atoms with Crippen LogP contribution < -0.4 is 16.4 Å². The van der Waals surface area contributed by atoms with Crippen LogP contribution in [0.15, 0.2) is 12.3 Å². The first-order chi connectivity index (χ1) is 9.30. The van der Waals surface area contributed by atoms with Crippen LogP contribution in [0.1, 0.15) is 10.4 Å². The Morgan fingerprint density at radius 2 is 2.25 bits per heavy atom. The number of anilines is 2. The van der Waals surface area contributed by atoms with Crippen LogP contribution in [0.2, 0.25) is 0 Å². The molecule has 1 aliphatic rings. The molecule has 1 aromatic rings. The average molecular weight is 316 g/mol. The third-order valence-electron chi connectivity index (χ3n) is 3.00. The summed E-state index contributed by atoms with van der Waals surface area (Å²) in [4.78, 5) is 17.2. The van der Waals surface area contributed by atoms with Gasteiger partial charge >= 0.3 is 0 Å². The molecule has 1 amide bonds. The summed E-state index contributed by atoms with van der Waals surface area (Å²) in [5.41, 5.74) is 11.4. The second-order valence-electron chi connectivity index (χ2n) is 4.56. The van der Waals surface area contributed by atoms with Gasteiger partial charge in [0.05, 0.1) is 17.4 Å². The highest BCUT2D eigenvalue weighted by atomic mass is 32.2. The Labute approximate surface area is 121 Å². The zero-order chi connectivity index (χ0) is 14.9. The lowest BCUT2D eigenvalue weighted by Crippen LogP contribution is -2.48. The number of thioether (sulfide) groups is 1. The summed E-state index contributed by atoms with van der Waals surface area (Å²) >= 11 is 1.56. The number of hydrogen-bond acceptors (Lipinski definition) is 7. The maximum absolute atomic E-state index is 11.9. The van der Waals surface area contributed by atoms with E-state index in [2.05, 4.69) is 4.98 Å². The highest BCUT2D eigenvalue weighted by Crippen LogP contribution is 2.28. The Kier molecular flexibility index (Phi) is 4.09. The Balaban J connectivity index is 2.50. The van der Waals surface area contributed by atoms with Gasteiger partial charge in [-0.3, -0.25) is 4.79 Å². The Morgan fingerprint density at radius 3 is 2.85 bits per heavy atom. The molecule has 1 atom stereocenters. The molecule has 7 nitrogen and oxygen atoms in total. The second-order valence-corrected chi connectivity index (χ2v) is 7.91. The van der Waals surface area contributed by atoms with Gasteiger partial charge in [0.1, 0.15) is 11.2 Å². The lowest BCUT2D eigenvalue weighted by molar-refractivity contribution is 0.100. The Hall–Kier alpha value is -1.48. The van der Waals surface area contributed by atoms with Crippen molar-refractivity contribution in [1.82, 2.24) is 4.98 Å². The summed E-state index contributed by atoms with van der Waals surface area (Å²) in [6.07, 6.45) is 2.57. The molecular weight excluding hydrogens is 300 g/mol. The number of nitrogens with two attached hydrogens (primary N) is 2. The summed E-state index contributed by atoms with van der Waals surface area (Å²) < 4.78 is 23.8. The van der Waals surface area contributed by atoms with Gasteiger partial charge in [0.15, 0.2) is 9.84 Å². The van der Waals surface area contributed by atoms with E-state index in [0.717, 1.165) is 5.75 Å². The summed E-state index contributed by atoms with van der Waals surface area (Å²) in [7, 11) is -3.29. The van der Waals surface area contributed by atoms with E-state index in [1.807, 2.05) is 0 Å². The van der Waals surface area contributed by atoms with Crippen LogP contribution in [0.4, 0.5) is 11.5 Å². The molecule has 1 fully saturated rings. The minimum atomic E-state index is -3.29. The maximum Gasteiger partial charge on any atom is 0.252 e. The number of aromatic nitrogens is 1. The predicted octanol–water partition coefficient (Wildman–Crippen LogP) is -0.313. The molecule has 2 rings (SSSR count). The van der Waals surface area contributed by atoms with E-state index >= 15 is 0 Å². The quantitative estimate of drug-likeness (QED) is 0.784. The molecule has 0 spiro atoms. The van der Waals surface area contributed by atoms with Crippen LogP contribution in [0, 0.1) is 0 Å². The fraction of sp³-hybridized carbons (Fsp3) is 0.455. The van der Waals surface area contributed by atoms with Crippen LogP contribution in [-0.2, 0) is 9.84 Å². The number of nitrogen functional groups attached to an aromatic ring is 1. The van der Waals surface area contributed by atoms with Gasteiger partial charge in [-0.1, -0.05) is 0 Å². The fourth-order valence-corrected chi connectivity index (χ4v) is 4.88. The number of carbonyl (C=O) groups excluding carboxylic acids is 1. The van der Waals surface area contributed by atoms with E-state index in [9.17, 15) is 13.2 Å². The van der Waals surface area contributed by atoms with E-state index in [1.54, 1.807) is 16.7 Å². The highest BCUT2D eigenvalue weighted by molar-refractivity contribution is 8.01. The smallest absolute Gasteiger partial charge is 0.252 e. The number of rotatable bonds is 3. The zero-order valence-electron chi connectivity index (χ0n) is 10.9. The molecule has 4 N–H and O–H groups in total. The number of nitrogens with zero attached hydrogens (tertiary/aromatic N) is 2. The van der Waals surface area contributed by atoms with Crippen molar-refractivity contribution in [2.24, 2.45) is 5.73 Å². The first-order valence-electron chi connectivity index (χ1n) is 5.89. The second kappa shape index (κ2) is 5.49. The minimum Gasteiger partial charge on any atom is -0.397 e. The Morgan fingerprint density at radius 1 is 1.55 bits per heavy atom. The number of sulfone groups is 1. The topological polar surface area (TPSA) is 119 Å². The molecule has 2 heterocycles. The maximum atomic E-state index is 11.9. The first-order valence-corrected chi connectivity index (χ1v) is 9.00. The van der Waals surface area contributed by atoms with Crippen molar-refractivity contribution < 1.29 is 13.2 Å². The third kappa shape index (κ3) is 2.98. The van der Waals surface area contributed by atoms with Crippen LogP contribution in [0.25, 0.3) is 0 Å². The average Bonchev–Trinajstić information content (AvgIpc) is 2.37. The molecule has 1 unspecified atom stereocenters. The molecular formula is C11H16N4O3S2. The standard InChI is InChI=1S/C11H16N4O3S2/c1-20(17,18)9-6-19-3-2-15(9)11-8(10(13)16)4-7(12)5-14-11/h4-5,9H,2-3,6,12H2,1H3,(H2,13,16). The number of pyridine rings is 1. The lowest BCUT2D eigenvalue weighted by atomic mass is 10.2. The molecule has 0 bridgehead atoms. The molecule has 0 radical (unpaired) electrons. The van der Waals surface area contributed by atoms with Gasteiger partial charge in [0.25, 0.3) is 5.91 Å². The summed E-state index contributed by atoms with van der Waals surface area (Å²) in [6.45, 7) is 0.486. The number of primary amides is 1. The van der Waals surface area contributed by atoms with Crippen LogP contribution in [-0.4, -0.2) is 49.0 Å². The number of amides is 1. The van der Waals surface area contributed by atoms with Gasteiger partial charge in [0, 0.05) is 24.3 Å². The van der Waals surface area contributed by atoms with Gasteiger partial charge in [0.2, 0.25) is 0 Å². The van der Waals surface area contributed by atoms with Crippen LogP contribution in [0.5, 0.6) is 0 Å². The summed E-state index contributed by atoms with van der Waals surface area (Å²) in [5, 5.41) is -0.713. The van der Waals surface area contributed by atoms with Crippen LogP contribution >= 0.6 is 11.8 Å². The zero-order valence-corrected chi connectivity index (χ0v) is 12.6. The van der Waals surface area contributed by atoms with Gasteiger partial charge in [-0.2, -0.15) is 11.8 Å². The summed E-state index contributed by atoms with van der Waals surface area (Å²) in [6, 6.07) is 1.42.